The van der Waals surface area contributed by atoms with Crippen LogP contribution in [0.4, 0.5) is 11.5 Å². The molecule has 1 saturated heterocycles. The first-order valence-electron chi connectivity index (χ1n) is 7.33. The van der Waals surface area contributed by atoms with E-state index in [1.54, 1.807) is 6.33 Å². The van der Waals surface area contributed by atoms with Crippen molar-refractivity contribution >= 4 is 22.5 Å². The Kier molecular flexibility index (Phi) is 3.16. The Morgan fingerprint density at radius 3 is 2.82 bits per heavy atom. The number of fused-ring (bicyclic) bond motifs is 1. The smallest absolute Gasteiger partial charge is 0.143 e. The molecule has 6 heteroatoms. The Labute approximate surface area is 127 Å². The van der Waals surface area contributed by atoms with Crippen LogP contribution >= 0.6 is 0 Å². The molecule has 112 valence electrons. The fraction of sp³-hybridized carbons (Fsp3) is 0.250. The minimum absolute atomic E-state index is 0.734. The van der Waals surface area contributed by atoms with Crippen molar-refractivity contribution < 1.29 is 4.74 Å². The van der Waals surface area contributed by atoms with Crippen molar-refractivity contribution in [2.24, 2.45) is 0 Å². The largest absolute Gasteiger partial charge is 0.399 e. The molecule has 0 atom stereocenters. The van der Waals surface area contributed by atoms with Crippen LogP contribution in [0.15, 0.2) is 36.7 Å². The molecule has 0 radical (unpaired) electrons. The lowest BCUT2D eigenvalue weighted by Gasteiger charge is -2.27. The molecule has 2 aromatic heterocycles. The van der Waals surface area contributed by atoms with E-state index in [1.165, 1.54) is 0 Å². The summed E-state index contributed by atoms with van der Waals surface area (Å²) in [5, 5.41) is 1.03. The maximum Gasteiger partial charge on any atom is 0.143 e. The number of aromatic amines is 1. The molecule has 22 heavy (non-hydrogen) atoms. The van der Waals surface area contributed by atoms with Gasteiger partial charge in [-0.05, 0) is 18.2 Å². The average molecular weight is 295 g/mol. The van der Waals surface area contributed by atoms with Crippen LogP contribution in [0.1, 0.15) is 0 Å². The van der Waals surface area contributed by atoms with E-state index >= 15 is 0 Å². The predicted octanol–water partition coefficient (Wildman–Crippen LogP) is 2.04. The number of rotatable bonds is 2. The van der Waals surface area contributed by atoms with E-state index in [1.807, 2.05) is 24.3 Å². The van der Waals surface area contributed by atoms with Crippen LogP contribution in [-0.4, -0.2) is 41.3 Å². The molecule has 3 heterocycles. The highest BCUT2D eigenvalue weighted by molar-refractivity contribution is 5.92. The van der Waals surface area contributed by atoms with Gasteiger partial charge in [0.1, 0.15) is 17.8 Å². The van der Waals surface area contributed by atoms with Gasteiger partial charge in [0.2, 0.25) is 0 Å². The lowest BCUT2D eigenvalue weighted by atomic mass is 10.1. The van der Waals surface area contributed by atoms with Crippen molar-refractivity contribution in [3.63, 3.8) is 0 Å². The molecule has 0 spiro atoms. The Morgan fingerprint density at radius 2 is 2.00 bits per heavy atom. The Hall–Kier alpha value is -2.60. The number of H-pyrrole nitrogens is 1. The van der Waals surface area contributed by atoms with Gasteiger partial charge in [0, 0.05) is 30.0 Å². The average Bonchev–Trinajstić information content (AvgIpc) is 3.00. The summed E-state index contributed by atoms with van der Waals surface area (Å²) < 4.78 is 5.41. The van der Waals surface area contributed by atoms with Crippen LogP contribution in [0.25, 0.3) is 22.3 Å². The minimum atomic E-state index is 0.734. The van der Waals surface area contributed by atoms with Crippen molar-refractivity contribution in [2.45, 2.75) is 0 Å². The molecule has 0 aliphatic carbocycles. The van der Waals surface area contributed by atoms with Crippen LogP contribution in [0, 0.1) is 0 Å². The van der Waals surface area contributed by atoms with Crippen LogP contribution < -0.4 is 10.6 Å². The van der Waals surface area contributed by atoms with Gasteiger partial charge in [-0.1, -0.05) is 12.1 Å². The molecule has 1 fully saturated rings. The number of ether oxygens (including phenoxy) is 1. The summed E-state index contributed by atoms with van der Waals surface area (Å²) in [6, 6.07) is 9.90. The van der Waals surface area contributed by atoms with Gasteiger partial charge >= 0.3 is 0 Å². The number of nitrogens with two attached hydrogens (primary N) is 1. The zero-order valence-electron chi connectivity index (χ0n) is 12.1. The van der Waals surface area contributed by atoms with Crippen molar-refractivity contribution in [1.82, 2.24) is 15.0 Å². The molecule has 0 amide bonds. The van der Waals surface area contributed by atoms with Gasteiger partial charge in [-0.2, -0.15) is 0 Å². The second kappa shape index (κ2) is 5.31. The van der Waals surface area contributed by atoms with Crippen LogP contribution in [-0.2, 0) is 4.74 Å². The maximum absolute atomic E-state index is 5.87. The fourth-order valence-electron chi connectivity index (χ4n) is 2.82. The highest BCUT2D eigenvalue weighted by Crippen LogP contribution is 2.29. The molecule has 0 bridgehead atoms. The SMILES string of the molecule is Nc1cccc(-c2cc3c(N4CCOCC4)ncnc3[nH]2)c1. The fourth-order valence-corrected chi connectivity index (χ4v) is 2.82. The normalized spacial score (nSPS) is 15.4. The molecule has 3 aromatic rings. The number of aromatic nitrogens is 3. The van der Waals surface area contributed by atoms with Gasteiger partial charge in [-0.15, -0.1) is 0 Å². The highest BCUT2D eigenvalue weighted by Gasteiger charge is 2.17. The van der Waals surface area contributed by atoms with E-state index in [2.05, 4.69) is 25.9 Å². The Morgan fingerprint density at radius 1 is 1.14 bits per heavy atom. The van der Waals surface area contributed by atoms with Crippen LogP contribution in [0.3, 0.4) is 0 Å². The van der Waals surface area contributed by atoms with Crippen LogP contribution in [0.5, 0.6) is 0 Å². The second-order valence-electron chi connectivity index (χ2n) is 5.37. The number of benzene rings is 1. The van der Waals surface area contributed by atoms with Crippen molar-refractivity contribution in [2.75, 3.05) is 36.9 Å². The van der Waals surface area contributed by atoms with Crippen LogP contribution in [0.2, 0.25) is 0 Å². The summed E-state index contributed by atoms with van der Waals surface area (Å²) in [6.45, 7) is 3.17. The first-order valence-corrected chi connectivity index (χ1v) is 7.33. The van der Waals surface area contributed by atoms with E-state index in [0.717, 1.165) is 60.1 Å². The van der Waals surface area contributed by atoms with Crippen molar-refractivity contribution in [3.05, 3.63) is 36.7 Å². The molecule has 1 aromatic carbocycles. The van der Waals surface area contributed by atoms with Gasteiger partial charge < -0.3 is 20.4 Å². The third kappa shape index (κ3) is 2.27. The lowest BCUT2D eigenvalue weighted by Crippen LogP contribution is -2.36. The first-order chi connectivity index (χ1) is 10.8. The molecule has 3 N–H and O–H groups in total. The van der Waals surface area contributed by atoms with Gasteiger partial charge in [0.15, 0.2) is 0 Å². The van der Waals surface area contributed by atoms with E-state index in [9.17, 15) is 0 Å². The van der Waals surface area contributed by atoms with Gasteiger partial charge in [-0.3, -0.25) is 0 Å². The quantitative estimate of drug-likeness (QED) is 0.707. The number of anilines is 2. The van der Waals surface area contributed by atoms with E-state index < -0.39 is 0 Å². The number of hydrogen-bond donors (Lipinski definition) is 2. The number of morpholine rings is 1. The summed E-state index contributed by atoms with van der Waals surface area (Å²) in [4.78, 5) is 14.4. The monoisotopic (exact) mass is 295 g/mol. The van der Waals surface area contributed by atoms with Gasteiger partial charge in [0.25, 0.3) is 0 Å². The lowest BCUT2D eigenvalue weighted by molar-refractivity contribution is 0.122. The minimum Gasteiger partial charge on any atom is -0.399 e. The summed E-state index contributed by atoms with van der Waals surface area (Å²) in [6.07, 6.45) is 1.60. The summed E-state index contributed by atoms with van der Waals surface area (Å²) in [5.41, 5.74) is 9.51. The van der Waals surface area contributed by atoms with Gasteiger partial charge in [0.05, 0.1) is 18.6 Å². The zero-order chi connectivity index (χ0) is 14.9. The molecule has 0 unspecified atom stereocenters. The molecule has 4 rings (SSSR count). The number of nitrogens with one attached hydrogen (secondary N) is 1. The number of hydrogen-bond acceptors (Lipinski definition) is 5. The van der Waals surface area contributed by atoms with E-state index in [4.69, 9.17) is 10.5 Å². The van der Waals surface area contributed by atoms with Crippen molar-refractivity contribution in [1.29, 1.82) is 0 Å². The van der Waals surface area contributed by atoms with Crippen molar-refractivity contribution in [3.8, 4) is 11.3 Å². The molecular formula is C16H17N5O. The third-order valence-corrected chi connectivity index (χ3v) is 3.91. The Balaban J connectivity index is 1.80. The zero-order valence-corrected chi connectivity index (χ0v) is 12.1. The molecule has 1 aliphatic rings. The summed E-state index contributed by atoms with van der Waals surface area (Å²) in [5.74, 6) is 0.958. The van der Waals surface area contributed by atoms with E-state index in [-0.39, 0.29) is 0 Å². The molecule has 1 aliphatic heterocycles. The van der Waals surface area contributed by atoms with E-state index in [0.29, 0.717) is 0 Å². The molecular weight excluding hydrogens is 278 g/mol. The Bertz CT molecular complexity index is 807. The number of nitrogens with zero attached hydrogens (tertiary/aromatic N) is 3. The standard InChI is InChI=1S/C16H17N5O/c17-12-3-1-2-11(8-12)14-9-13-15(20-14)18-10-19-16(13)21-4-6-22-7-5-21/h1-3,8-10H,4-7,17H2,(H,18,19,20). The number of nitrogen functional groups attached to an aromatic ring is 1. The second-order valence-corrected chi connectivity index (χ2v) is 5.37. The molecule has 6 nitrogen and oxygen atoms in total. The van der Waals surface area contributed by atoms with Gasteiger partial charge in [-0.25, -0.2) is 9.97 Å². The molecule has 0 saturated carbocycles. The highest BCUT2D eigenvalue weighted by atomic mass is 16.5. The topological polar surface area (TPSA) is 80.1 Å². The predicted molar refractivity (Wildman–Crippen MR) is 86.8 cm³/mol. The summed E-state index contributed by atoms with van der Waals surface area (Å²) >= 11 is 0. The first kappa shape index (κ1) is 13.1. The maximum atomic E-state index is 5.87. The third-order valence-electron chi connectivity index (χ3n) is 3.91. The summed E-state index contributed by atoms with van der Waals surface area (Å²) in [7, 11) is 0.